The van der Waals surface area contributed by atoms with Crippen molar-refractivity contribution in [2.45, 2.75) is 66.3 Å². The van der Waals surface area contributed by atoms with Crippen LogP contribution in [0.2, 0.25) is 5.02 Å². The number of anilines is 2. The Morgan fingerprint density at radius 2 is 1.97 bits per heavy atom. The van der Waals surface area contributed by atoms with Crippen molar-refractivity contribution in [3.05, 3.63) is 68.7 Å². The van der Waals surface area contributed by atoms with Crippen LogP contribution in [-0.2, 0) is 24.2 Å². The summed E-state index contributed by atoms with van der Waals surface area (Å²) < 4.78 is 14.4. The van der Waals surface area contributed by atoms with Crippen LogP contribution in [0.25, 0.3) is 0 Å². The summed E-state index contributed by atoms with van der Waals surface area (Å²) in [6.45, 7) is 9.70. The largest absolute Gasteiger partial charge is 0.481 e. The number of aromatic nitrogens is 3. The number of rotatable bonds is 9. The number of carboxylic acids is 1. The summed E-state index contributed by atoms with van der Waals surface area (Å²) in [4.78, 5) is 19.7. The van der Waals surface area contributed by atoms with E-state index in [9.17, 15) is 14.3 Å². The number of aromatic amines is 1. The molecule has 7 nitrogen and oxygen atoms in total. The maximum atomic E-state index is 14.4. The van der Waals surface area contributed by atoms with E-state index in [1.54, 1.807) is 12.1 Å². The summed E-state index contributed by atoms with van der Waals surface area (Å²) in [6, 6.07) is 6.91. The second-order valence-electron chi connectivity index (χ2n) is 10.2. The fourth-order valence-electron chi connectivity index (χ4n) is 5.26. The van der Waals surface area contributed by atoms with Gasteiger partial charge in [0.2, 0.25) is 0 Å². The first-order valence-electron chi connectivity index (χ1n) is 12.8. The number of nitrogens with zero attached hydrogens (tertiary/aromatic N) is 3. The lowest BCUT2D eigenvalue weighted by Gasteiger charge is -2.39. The number of nitrogens with one attached hydrogen (secondary N) is 2. The Morgan fingerprint density at radius 3 is 2.59 bits per heavy atom. The molecule has 3 heterocycles. The van der Waals surface area contributed by atoms with E-state index >= 15 is 0 Å². The molecular weight excluding hydrogens is 493 g/mol. The first-order chi connectivity index (χ1) is 17.6. The van der Waals surface area contributed by atoms with E-state index in [0.717, 1.165) is 35.4 Å². The van der Waals surface area contributed by atoms with Crippen LogP contribution < -0.4 is 5.32 Å². The number of aliphatic carboxylic acids is 1. The van der Waals surface area contributed by atoms with Gasteiger partial charge in [0.05, 0.1) is 10.4 Å². The van der Waals surface area contributed by atoms with Crippen molar-refractivity contribution >= 4 is 29.2 Å². The van der Waals surface area contributed by atoms with Crippen LogP contribution in [-0.4, -0.2) is 44.2 Å². The first-order valence-corrected chi connectivity index (χ1v) is 13.2. The number of pyridine rings is 1. The SMILES string of the molecule is CCCc1c(C)c(CC2(C(=O)O)CCN(Cc3cccc(Cl)c3F)CC2)nc(Nc2cc(C)[nH]n2)c1C. The number of piperidine rings is 1. The minimum absolute atomic E-state index is 0.104. The van der Waals surface area contributed by atoms with Crippen LogP contribution in [0, 0.1) is 32.0 Å². The number of carboxylic acid groups (broad SMARTS) is 1. The van der Waals surface area contributed by atoms with E-state index in [0.29, 0.717) is 56.1 Å². The molecule has 3 N–H and O–H groups in total. The van der Waals surface area contributed by atoms with Gasteiger partial charge in [0.15, 0.2) is 5.82 Å². The van der Waals surface area contributed by atoms with Gasteiger partial charge in [0, 0.05) is 36.0 Å². The van der Waals surface area contributed by atoms with Crippen LogP contribution >= 0.6 is 11.6 Å². The number of H-pyrrole nitrogens is 1. The van der Waals surface area contributed by atoms with Gasteiger partial charge in [-0.2, -0.15) is 5.10 Å². The van der Waals surface area contributed by atoms with Gasteiger partial charge in [-0.25, -0.2) is 9.37 Å². The van der Waals surface area contributed by atoms with E-state index in [-0.39, 0.29) is 5.02 Å². The van der Waals surface area contributed by atoms with Crippen molar-refractivity contribution in [1.82, 2.24) is 20.1 Å². The van der Waals surface area contributed by atoms with E-state index in [1.165, 1.54) is 11.6 Å². The van der Waals surface area contributed by atoms with Crippen molar-refractivity contribution in [1.29, 1.82) is 0 Å². The highest BCUT2D eigenvalue weighted by Gasteiger charge is 2.42. The predicted octanol–water partition coefficient (Wildman–Crippen LogP) is 6.13. The normalized spacial score (nSPS) is 15.6. The topological polar surface area (TPSA) is 94.1 Å². The zero-order valence-corrected chi connectivity index (χ0v) is 22.7. The Balaban J connectivity index is 1.58. The fourth-order valence-corrected chi connectivity index (χ4v) is 5.45. The minimum atomic E-state index is -0.930. The highest BCUT2D eigenvalue weighted by atomic mass is 35.5. The third-order valence-corrected chi connectivity index (χ3v) is 7.88. The molecular formula is C28H35ClFN5O2. The Morgan fingerprint density at radius 1 is 1.24 bits per heavy atom. The lowest BCUT2D eigenvalue weighted by Crippen LogP contribution is -2.45. The Hall–Kier alpha value is -2.97. The first kappa shape index (κ1) is 27.1. The molecule has 0 atom stereocenters. The molecule has 1 saturated heterocycles. The number of likely N-dealkylation sites (tertiary alicyclic amines) is 1. The molecule has 0 bridgehead atoms. The summed E-state index contributed by atoms with van der Waals surface area (Å²) in [6.07, 6.45) is 3.14. The van der Waals surface area contributed by atoms with Crippen molar-refractivity contribution in [3.8, 4) is 0 Å². The van der Waals surface area contributed by atoms with Crippen LogP contribution in [0.4, 0.5) is 16.0 Å². The van der Waals surface area contributed by atoms with Crippen molar-refractivity contribution in [2.75, 3.05) is 18.4 Å². The summed E-state index contributed by atoms with van der Waals surface area (Å²) in [5.74, 6) is 0.177. The van der Waals surface area contributed by atoms with E-state index in [4.69, 9.17) is 16.6 Å². The molecule has 4 rings (SSSR count). The third-order valence-electron chi connectivity index (χ3n) is 7.59. The highest BCUT2D eigenvalue weighted by molar-refractivity contribution is 6.30. The quantitative estimate of drug-likeness (QED) is 0.310. The van der Waals surface area contributed by atoms with Gasteiger partial charge in [-0.3, -0.25) is 14.8 Å². The molecule has 0 radical (unpaired) electrons. The van der Waals surface area contributed by atoms with Gasteiger partial charge < -0.3 is 10.4 Å². The maximum absolute atomic E-state index is 14.4. The van der Waals surface area contributed by atoms with Gasteiger partial charge >= 0.3 is 5.97 Å². The Bertz CT molecular complexity index is 1280. The fraction of sp³-hybridized carbons (Fsp3) is 0.464. The number of halogens is 2. The summed E-state index contributed by atoms with van der Waals surface area (Å²) in [5, 5.41) is 21.0. The molecule has 2 aromatic heterocycles. The van der Waals surface area contributed by atoms with E-state index in [2.05, 4.69) is 41.2 Å². The van der Waals surface area contributed by atoms with Crippen LogP contribution in [0.3, 0.4) is 0 Å². The summed E-state index contributed by atoms with van der Waals surface area (Å²) in [5.41, 5.74) is 4.67. The zero-order chi connectivity index (χ0) is 26.7. The van der Waals surface area contributed by atoms with Crippen LogP contribution in [0.15, 0.2) is 24.3 Å². The predicted molar refractivity (Wildman–Crippen MR) is 144 cm³/mol. The summed E-state index contributed by atoms with van der Waals surface area (Å²) in [7, 11) is 0. The lowest BCUT2D eigenvalue weighted by atomic mass is 9.73. The molecule has 1 aliphatic rings. The monoisotopic (exact) mass is 527 g/mol. The number of aryl methyl sites for hydroxylation is 1. The van der Waals surface area contributed by atoms with Crippen molar-refractivity contribution in [2.24, 2.45) is 5.41 Å². The zero-order valence-electron chi connectivity index (χ0n) is 21.9. The average molecular weight is 528 g/mol. The second kappa shape index (κ2) is 11.2. The minimum Gasteiger partial charge on any atom is -0.481 e. The third kappa shape index (κ3) is 5.80. The van der Waals surface area contributed by atoms with Crippen molar-refractivity contribution in [3.63, 3.8) is 0 Å². The molecule has 0 unspecified atom stereocenters. The molecule has 198 valence electrons. The lowest BCUT2D eigenvalue weighted by molar-refractivity contribution is -0.152. The van der Waals surface area contributed by atoms with Gasteiger partial charge in [-0.05, 0) is 75.9 Å². The molecule has 0 amide bonds. The van der Waals surface area contributed by atoms with E-state index < -0.39 is 17.2 Å². The Labute approximate surface area is 222 Å². The van der Waals surface area contributed by atoms with Gasteiger partial charge in [0.25, 0.3) is 0 Å². The standard InChI is InChI=1S/C28H35ClFN5O2/c1-5-7-21-18(3)23(31-26(19(21)4)32-24-14-17(2)33-34-24)15-28(27(36)37)10-12-35(13-11-28)16-20-8-6-9-22(29)25(20)30/h6,8-9,14H,5,7,10-13,15-16H2,1-4H3,(H,36,37)(H2,31,32,33,34). The van der Waals surface area contributed by atoms with Gasteiger partial charge in [0.1, 0.15) is 11.6 Å². The molecule has 0 saturated carbocycles. The summed E-state index contributed by atoms with van der Waals surface area (Å²) >= 11 is 5.95. The van der Waals surface area contributed by atoms with Gasteiger partial charge in [-0.1, -0.05) is 37.1 Å². The van der Waals surface area contributed by atoms with Crippen molar-refractivity contribution < 1.29 is 14.3 Å². The second-order valence-corrected chi connectivity index (χ2v) is 10.6. The number of hydrogen-bond donors (Lipinski definition) is 3. The number of benzene rings is 1. The number of carbonyl (C=O) groups is 1. The molecule has 0 spiro atoms. The number of hydrogen-bond acceptors (Lipinski definition) is 5. The molecule has 9 heteroatoms. The molecule has 3 aromatic rings. The smallest absolute Gasteiger partial charge is 0.310 e. The maximum Gasteiger partial charge on any atom is 0.310 e. The molecule has 1 fully saturated rings. The van der Waals surface area contributed by atoms with Crippen LogP contribution in [0.1, 0.15) is 59.8 Å². The van der Waals surface area contributed by atoms with Crippen LogP contribution in [0.5, 0.6) is 0 Å². The molecule has 1 aromatic carbocycles. The Kier molecular flexibility index (Phi) is 8.19. The average Bonchev–Trinajstić information content (AvgIpc) is 3.28. The highest BCUT2D eigenvalue weighted by Crippen LogP contribution is 2.38. The van der Waals surface area contributed by atoms with E-state index in [1.807, 2.05) is 13.0 Å². The molecule has 0 aliphatic carbocycles. The molecule has 37 heavy (non-hydrogen) atoms. The van der Waals surface area contributed by atoms with Gasteiger partial charge in [-0.15, -0.1) is 0 Å². The molecule has 1 aliphatic heterocycles.